The fourth-order valence-electron chi connectivity index (χ4n) is 8.44. The van der Waals surface area contributed by atoms with Crippen molar-refractivity contribution in [2.75, 3.05) is 73.6 Å². The van der Waals surface area contributed by atoms with E-state index in [0.29, 0.717) is 40.6 Å². The maximum atomic E-state index is 13.1. The Hall–Kier alpha value is -6.61. The lowest BCUT2D eigenvalue weighted by Gasteiger charge is -2.36. The molecule has 0 unspecified atom stereocenters. The first-order valence-corrected chi connectivity index (χ1v) is 23.6. The number of aromatic nitrogens is 2. The Kier molecular flexibility index (Phi) is 12.4. The number of nitrogens with zero attached hydrogens (tertiary/aromatic N) is 5. The van der Waals surface area contributed by atoms with E-state index in [1.807, 2.05) is 99.6 Å². The molecule has 14 heteroatoms. The summed E-state index contributed by atoms with van der Waals surface area (Å²) in [7, 11) is 0. The molecule has 12 nitrogen and oxygen atoms in total. The largest absolute Gasteiger partial charge is 0.444 e. The number of thiophene rings is 2. The zero-order valence-corrected chi connectivity index (χ0v) is 38.4. The van der Waals surface area contributed by atoms with E-state index in [1.165, 1.54) is 28.4 Å². The number of pyridine rings is 2. The molecule has 2 aliphatic rings. The van der Waals surface area contributed by atoms with E-state index in [9.17, 15) is 14.4 Å². The third-order valence-corrected chi connectivity index (χ3v) is 14.0. The molecule has 0 saturated carbocycles. The molecule has 4 aromatic carbocycles. The van der Waals surface area contributed by atoms with Crippen LogP contribution in [0, 0.1) is 0 Å². The summed E-state index contributed by atoms with van der Waals surface area (Å²) in [5.41, 5.74) is 18.9. The first-order chi connectivity index (χ1) is 31.4. The minimum atomic E-state index is -0.497. The second-order valence-corrected chi connectivity index (χ2v) is 19.6. The van der Waals surface area contributed by atoms with Crippen LogP contribution >= 0.6 is 22.7 Å². The van der Waals surface area contributed by atoms with Crippen LogP contribution in [0.3, 0.4) is 0 Å². The van der Waals surface area contributed by atoms with E-state index in [-0.39, 0.29) is 24.1 Å². The average molecular weight is 905 g/mol. The lowest BCUT2D eigenvalue weighted by atomic mass is 10.0. The molecule has 10 rings (SSSR count). The predicted octanol–water partition coefficient (Wildman–Crippen LogP) is 9.38. The minimum Gasteiger partial charge on any atom is -0.444 e. The van der Waals surface area contributed by atoms with Gasteiger partial charge in [0, 0.05) is 131 Å². The van der Waals surface area contributed by atoms with Gasteiger partial charge in [0.25, 0.3) is 0 Å². The molecule has 2 fully saturated rings. The number of nitrogen functional groups attached to an aromatic ring is 2. The van der Waals surface area contributed by atoms with Crippen molar-refractivity contribution >= 4 is 104 Å². The summed E-state index contributed by atoms with van der Waals surface area (Å²) in [6.07, 6.45) is 3.62. The molecule has 0 spiro atoms. The van der Waals surface area contributed by atoms with Gasteiger partial charge in [-0.2, -0.15) is 0 Å². The predicted molar refractivity (Wildman–Crippen MR) is 267 cm³/mol. The molecule has 0 aliphatic carbocycles. The maximum Gasteiger partial charge on any atom is 0.410 e. The number of ether oxygens (including phenoxy) is 1. The number of Topliss-reactive ketones (excluding diaryl/α,β-unsaturated/α-hetero) is 2. The van der Waals surface area contributed by atoms with Crippen molar-refractivity contribution in [3.8, 4) is 0 Å². The Morgan fingerprint density at radius 3 is 1.57 bits per heavy atom. The van der Waals surface area contributed by atoms with Gasteiger partial charge in [-0.25, -0.2) is 4.79 Å². The van der Waals surface area contributed by atoms with Crippen LogP contribution in [0.5, 0.6) is 0 Å². The quantitative estimate of drug-likeness (QED) is 0.125. The van der Waals surface area contributed by atoms with Crippen molar-refractivity contribution in [3.63, 3.8) is 0 Å². The molecule has 5 N–H and O–H groups in total. The van der Waals surface area contributed by atoms with Crippen LogP contribution in [-0.4, -0.2) is 90.5 Å². The van der Waals surface area contributed by atoms with Crippen molar-refractivity contribution in [1.82, 2.24) is 20.2 Å². The first kappa shape index (κ1) is 43.6. The molecule has 2 saturated heterocycles. The van der Waals surface area contributed by atoms with E-state index in [1.54, 1.807) is 17.3 Å². The second kappa shape index (κ2) is 18.5. The highest BCUT2D eigenvalue weighted by molar-refractivity contribution is 7.23. The number of anilines is 4. The van der Waals surface area contributed by atoms with Crippen LogP contribution in [0.4, 0.5) is 26.2 Å². The van der Waals surface area contributed by atoms with Crippen molar-refractivity contribution < 1.29 is 19.1 Å². The first-order valence-electron chi connectivity index (χ1n) is 21.9. The topological polar surface area (TPSA) is 160 Å². The van der Waals surface area contributed by atoms with E-state index in [2.05, 4.69) is 43.3 Å². The van der Waals surface area contributed by atoms with Crippen LogP contribution in [0.15, 0.2) is 109 Å². The normalized spacial score (nSPS) is 14.5. The lowest BCUT2D eigenvalue weighted by Crippen LogP contribution is -2.50. The molecule has 332 valence electrons. The number of ketones is 2. The standard InChI is InChI=1S/C28H30N4O3S.C23H22N4OS/c1-28(2,3)35-27(34)32-12-10-31(11-13-32)20-9-8-18-14-19(17-30-23(18)15-20)24(33)16-22-21-6-4-5-7-25(21)36-26(22)29;24-23-19(18-3-1-2-4-22(18)29-23)13-21(28)16-11-15-5-6-17(12-20(15)26-14-16)27-9-7-25-8-10-27/h4-9,14-15,17H,10-13,16,29H2,1-3H3;1-6,11-12,14,25H,7-10,13,24H2. The Morgan fingerprint density at radius 1 is 0.631 bits per heavy atom. The van der Waals surface area contributed by atoms with Gasteiger partial charge in [-0.05, 0) is 80.1 Å². The molecule has 0 radical (unpaired) electrons. The molecule has 0 bridgehead atoms. The smallest absolute Gasteiger partial charge is 0.410 e. The Balaban J connectivity index is 0.000000168. The lowest BCUT2D eigenvalue weighted by molar-refractivity contribution is 0.0240. The van der Waals surface area contributed by atoms with Gasteiger partial charge in [0.15, 0.2) is 11.6 Å². The molecular formula is C51H52N8O4S2. The fraction of sp³-hybridized carbons (Fsp3) is 0.275. The molecule has 6 heterocycles. The number of nitrogens with one attached hydrogen (secondary N) is 1. The van der Waals surface area contributed by atoms with Crippen LogP contribution < -0.4 is 26.6 Å². The summed E-state index contributed by atoms with van der Waals surface area (Å²) in [6.45, 7) is 12.3. The van der Waals surface area contributed by atoms with Gasteiger partial charge in [-0.1, -0.05) is 48.5 Å². The van der Waals surface area contributed by atoms with E-state index in [0.717, 1.165) is 98.1 Å². The highest BCUT2D eigenvalue weighted by atomic mass is 32.1. The van der Waals surface area contributed by atoms with E-state index >= 15 is 0 Å². The van der Waals surface area contributed by atoms with Gasteiger partial charge < -0.3 is 36.2 Å². The van der Waals surface area contributed by atoms with Gasteiger partial charge in [0.1, 0.15) is 5.60 Å². The van der Waals surface area contributed by atoms with Crippen molar-refractivity contribution in [2.45, 2.75) is 39.2 Å². The minimum absolute atomic E-state index is 0.00185. The number of hydrogen-bond acceptors (Lipinski definition) is 13. The van der Waals surface area contributed by atoms with Crippen LogP contribution in [-0.2, 0) is 17.6 Å². The third kappa shape index (κ3) is 9.75. The SMILES string of the molecule is CC(C)(C)OC(=O)N1CCN(c2ccc3cc(C(=O)Cc4c(N)sc5ccccc45)cnc3c2)CC1.Nc1sc2ccccc2c1CC(=O)c1cnc2cc(N3CCNCC3)ccc2c1. The highest BCUT2D eigenvalue weighted by Gasteiger charge is 2.26. The van der Waals surface area contributed by atoms with Crippen LogP contribution in [0.25, 0.3) is 42.0 Å². The number of amides is 1. The Morgan fingerprint density at radius 2 is 1.09 bits per heavy atom. The second-order valence-electron chi connectivity index (χ2n) is 17.5. The van der Waals surface area contributed by atoms with Crippen molar-refractivity contribution in [1.29, 1.82) is 0 Å². The summed E-state index contributed by atoms with van der Waals surface area (Å²) in [5.74, 6) is 0.0443. The highest BCUT2D eigenvalue weighted by Crippen LogP contribution is 2.36. The third-order valence-electron chi connectivity index (χ3n) is 11.9. The van der Waals surface area contributed by atoms with E-state index < -0.39 is 5.60 Å². The van der Waals surface area contributed by atoms with Gasteiger partial charge in [-0.3, -0.25) is 19.6 Å². The molecule has 8 aromatic rings. The number of rotatable bonds is 8. The maximum absolute atomic E-state index is 13.1. The molecule has 4 aromatic heterocycles. The Labute approximate surface area is 385 Å². The number of nitrogens with two attached hydrogens (primary N) is 2. The zero-order valence-electron chi connectivity index (χ0n) is 36.8. The summed E-state index contributed by atoms with van der Waals surface area (Å²) in [4.78, 5) is 53.9. The molecule has 65 heavy (non-hydrogen) atoms. The molecule has 1 amide bonds. The molecule has 2 aliphatic heterocycles. The Bertz CT molecular complexity index is 3070. The van der Waals surface area contributed by atoms with Crippen molar-refractivity contribution in [3.05, 3.63) is 132 Å². The summed E-state index contributed by atoms with van der Waals surface area (Å²) in [6, 6.07) is 32.2. The van der Waals surface area contributed by atoms with Crippen LogP contribution in [0.1, 0.15) is 52.6 Å². The average Bonchev–Trinajstić information content (AvgIpc) is 3.81. The zero-order chi connectivity index (χ0) is 45.2. The summed E-state index contributed by atoms with van der Waals surface area (Å²) < 4.78 is 7.70. The fourth-order valence-corrected chi connectivity index (χ4v) is 10.4. The number of carbonyl (C=O) groups excluding carboxylic acids is 3. The van der Waals surface area contributed by atoms with Crippen LogP contribution in [0.2, 0.25) is 0 Å². The molecular weight excluding hydrogens is 853 g/mol. The number of piperazine rings is 2. The van der Waals surface area contributed by atoms with Crippen molar-refractivity contribution in [2.24, 2.45) is 0 Å². The van der Waals surface area contributed by atoms with Gasteiger partial charge in [0.2, 0.25) is 0 Å². The summed E-state index contributed by atoms with van der Waals surface area (Å²) in [5, 5.41) is 8.79. The monoisotopic (exact) mass is 904 g/mol. The number of fused-ring (bicyclic) bond motifs is 4. The van der Waals surface area contributed by atoms with Gasteiger partial charge in [-0.15, -0.1) is 22.7 Å². The number of hydrogen-bond donors (Lipinski definition) is 3. The number of carbonyl (C=O) groups is 3. The number of benzene rings is 4. The molecule has 0 atom stereocenters. The van der Waals surface area contributed by atoms with Gasteiger partial charge in [0.05, 0.1) is 21.0 Å². The summed E-state index contributed by atoms with van der Waals surface area (Å²) >= 11 is 3.05. The van der Waals surface area contributed by atoms with E-state index in [4.69, 9.17) is 16.2 Å². The van der Waals surface area contributed by atoms with Gasteiger partial charge >= 0.3 is 6.09 Å².